The number of methoxy groups -OCH3 is 1. The predicted octanol–water partition coefficient (Wildman–Crippen LogP) is 4.39. The predicted molar refractivity (Wildman–Crippen MR) is 140 cm³/mol. The number of nitrogens with zero attached hydrogens (tertiary/aromatic N) is 1. The number of thiophene rings is 1. The number of fused-ring (bicyclic) bond motifs is 1. The maximum absolute atomic E-state index is 13.2. The molecule has 2 aromatic heterocycles. The van der Waals surface area contributed by atoms with Gasteiger partial charge >= 0.3 is 0 Å². The van der Waals surface area contributed by atoms with Crippen molar-refractivity contribution >= 4 is 34.8 Å². The molecule has 1 aliphatic carbocycles. The first-order valence-electron chi connectivity index (χ1n) is 11.3. The van der Waals surface area contributed by atoms with Gasteiger partial charge in [-0.3, -0.25) is 19.0 Å². The number of aromatic nitrogens is 1. The number of pyridine rings is 1. The SMILES string of the molecule is COc1cccc2c1C[C@@H](NC(=O)c1ccc(Cl)s1)[C@H]2NC(=O)c1ccc(-n2ccccc2=O)cc1. The lowest BCUT2D eigenvalue weighted by atomic mass is 10.1. The average molecular weight is 520 g/mol. The molecule has 0 spiro atoms. The Morgan fingerprint density at radius 2 is 1.78 bits per heavy atom. The number of amides is 2. The highest BCUT2D eigenvalue weighted by Crippen LogP contribution is 2.37. The maximum Gasteiger partial charge on any atom is 0.261 e. The molecule has 0 saturated carbocycles. The normalized spacial score (nSPS) is 16.3. The van der Waals surface area contributed by atoms with Crippen LogP contribution < -0.4 is 20.9 Å². The third-order valence-corrected chi connectivity index (χ3v) is 7.41. The van der Waals surface area contributed by atoms with Crippen molar-refractivity contribution in [3.8, 4) is 11.4 Å². The third kappa shape index (κ3) is 4.65. The molecule has 0 unspecified atom stereocenters. The van der Waals surface area contributed by atoms with Crippen LogP contribution in [0.15, 0.2) is 83.8 Å². The lowest BCUT2D eigenvalue weighted by molar-refractivity contribution is 0.0890. The fourth-order valence-corrected chi connectivity index (χ4v) is 5.41. The van der Waals surface area contributed by atoms with Crippen LogP contribution in [0.25, 0.3) is 5.69 Å². The van der Waals surface area contributed by atoms with Gasteiger partial charge < -0.3 is 15.4 Å². The minimum absolute atomic E-state index is 0.156. The van der Waals surface area contributed by atoms with Gasteiger partial charge in [-0.2, -0.15) is 0 Å². The Kier molecular flexibility index (Phi) is 6.63. The standard InChI is InChI=1S/C27H22ClN3O4S/c1-35-21-6-4-5-18-19(21)15-20(29-27(34)22-12-13-23(28)36-22)25(18)30-26(33)16-8-10-17(11-9-16)31-14-3-2-7-24(31)32/h2-14,20,25H,15H2,1H3,(H,29,34)(H,30,33)/t20-,25+/m1/s1. The molecule has 0 radical (unpaired) electrons. The van der Waals surface area contributed by atoms with Gasteiger partial charge in [-0.1, -0.05) is 29.8 Å². The molecule has 5 rings (SSSR count). The average Bonchev–Trinajstić information content (AvgIpc) is 3.48. The molecular formula is C27H22ClN3O4S. The summed E-state index contributed by atoms with van der Waals surface area (Å²) >= 11 is 7.20. The summed E-state index contributed by atoms with van der Waals surface area (Å²) in [6.07, 6.45) is 2.18. The lowest BCUT2D eigenvalue weighted by Crippen LogP contribution is -2.44. The number of ether oxygens (including phenoxy) is 1. The van der Waals surface area contributed by atoms with E-state index in [1.807, 2.05) is 18.2 Å². The summed E-state index contributed by atoms with van der Waals surface area (Å²) in [5.74, 6) is 0.168. The van der Waals surface area contributed by atoms with Crippen molar-refractivity contribution in [2.45, 2.75) is 18.5 Å². The van der Waals surface area contributed by atoms with Crippen LogP contribution in [-0.2, 0) is 6.42 Å². The Bertz CT molecular complexity index is 1500. The molecule has 0 saturated heterocycles. The van der Waals surface area contributed by atoms with Gasteiger partial charge in [0.2, 0.25) is 0 Å². The third-order valence-electron chi connectivity index (χ3n) is 6.18. The van der Waals surface area contributed by atoms with Crippen molar-refractivity contribution < 1.29 is 14.3 Å². The van der Waals surface area contributed by atoms with E-state index >= 15 is 0 Å². The molecule has 0 aliphatic heterocycles. The Balaban J connectivity index is 1.40. The zero-order valence-corrected chi connectivity index (χ0v) is 20.8. The van der Waals surface area contributed by atoms with E-state index in [0.717, 1.165) is 11.1 Å². The van der Waals surface area contributed by atoms with Crippen molar-refractivity contribution in [3.05, 3.63) is 115 Å². The van der Waals surface area contributed by atoms with Gasteiger partial charge in [0.05, 0.1) is 28.4 Å². The summed E-state index contributed by atoms with van der Waals surface area (Å²) in [6.45, 7) is 0. The highest BCUT2D eigenvalue weighted by atomic mass is 35.5. The summed E-state index contributed by atoms with van der Waals surface area (Å²) in [7, 11) is 1.60. The van der Waals surface area contributed by atoms with Crippen molar-refractivity contribution in [1.82, 2.24) is 15.2 Å². The minimum Gasteiger partial charge on any atom is -0.496 e. The number of carbonyl (C=O) groups excluding carboxylic acids is 2. The number of benzene rings is 2. The van der Waals surface area contributed by atoms with Crippen LogP contribution in [0.4, 0.5) is 0 Å². The molecule has 36 heavy (non-hydrogen) atoms. The van der Waals surface area contributed by atoms with Crippen LogP contribution in [0, 0.1) is 0 Å². The number of halogens is 1. The smallest absolute Gasteiger partial charge is 0.261 e. The van der Waals surface area contributed by atoms with Crippen LogP contribution in [0.5, 0.6) is 5.75 Å². The number of nitrogens with one attached hydrogen (secondary N) is 2. The molecule has 4 aromatic rings. The van der Waals surface area contributed by atoms with Gasteiger partial charge in [0.15, 0.2) is 0 Å². The second-order valence-electron chi connectivity index (χ2n) is 8.32. The summed E-state index contributed by atoms with van der Waals surface area (Å²) in [6, 6.07) is 19.9. The first-order chi connectivity index (χ1) is 17.4. The van der Waals surface area contributed by atoms with Gasteiger partial charge in [0.25, 0.3) is 17.4 Å². The van der Waals surface area contributed by atoms with Crippen LogP contribution >= 0.6 is 22.9 Å². The van der Waals surface area contributed by atoms with Gasteiger partial charge in [0.1, 0.15) is 5.75 Å². The molecule has 9 heteroatoms. The van der Waals surface area contributed by atoms with Crippen LogP contribution in [0.3, 0.4) is 0 Å². The fraction of sp³-hybridized carbons (Fsp3) is 0.148. The topological polar surface area (TPSA) is 89.4 Å². The van der Waals surface area contributed by atoms with Crippen molar-refractivity contribution in [1.29, 1.82) is 0 Å². The van der Waals surface area contributed by atoms with Crippen molar-refractivity contribution in [3.63, 3.8) is 0 Å². The van der Waals surface area contributed by atoms with Gasteiger partial charge in [-0.25, -0.2) is 0 Å². The summed E-state index contributed by atoms with van der Waals surface area (Å²) in [5, 5.41) is 6.14. The molecule has 2 aromatic carbocycles. The van der Waals surface area contributed by atoms with E-state index in [1.54, 1.807) is 61.8 Å². The summed E-state index contributed by atoms with van der Waals surface area (Å²) < 4.78 is 7.57. The van der Waals surface area contributed by atoms with Gasteiger partial charge in [-0.05, 0) is 60.5 Å². The second kappa shape index (κ2) is 10.0. The molecule has 2 amide bonds. The molecule has 2 N–H and O–H groups in total. The van der Waals surface area contributed by atoms with E-state index in [4.69, 9.17) is 16.3 Å². The highest BCUT2D eigenvalue weighted by Gasteiger charge is 2.37. The molecule has 1 aliphatic rings. The van der Waals surface area contributed by atoms with Crippen molar-refractivity contribution in [2.24, 2.45) is 0 Å². The van der Waals surface area contributed by atoms with E-state index in [2.05, 4.69) is 10.6 Å². The molecule has 0 bridgehead atoms. The number of hydrogen-bond acceptors (Lipinski definition) is 5. The van der Waals surface area contributed by atoms with E-state index in [1.165, 1.54) is 22.0 Å². The molecule has 2 atom stereocenters. The Morgan fingerprint density at radius 1 is 0.972 bits per heavy atom. The quantitative estimate of drug-likeness (QED) is 0.395. The van der Waals surface area contributed by atoms with Crippen LogP contribution in [-0.4, -0.2) is 29.5 Å². The fourth-order valence-electron chi connectivity index (χ4n) is 4.47. The molecule has 182 valence electrons. The summed E-state index contributed by atoms with van der Waals surface area (Å²) in [5.41, 5.74) is 2.78. The van der Waals surface area contributed by atoms with E-state index < -0.39 is 6.04 Å². The molecule has 2 heterocycles. The lowest BCUT2D eigenvalue weighted by Gasteiger charge is -2.23. The monoisotopic (exact) mass is 519 g/mol. The minimum atomic E-state index is -0.460. The first kappa shape index (κ1) is 23.8. The van der Waals surface area contributed by atoms with Crippen LogP contribution in [0.1, 0.15) is 37.2 Å². The van der Waals surface area contributed by atoms with Gasteiger partial charge in [-0.15, -0.1) is 11.3 Å². The van der Waals surface area contributed by atoms with Crippen molar-refractivity contribution in [2.75, 3.05) is 7.11 Å². The zero-order chi connectivity index (χ0) is 25.2. The van der Waals surface area contributed by atoms with E-state index in [0.29, 0.717) is 32.6 Å². The molecule has 0 fully saturated rings. The zero-order valence-electron chi connectivity index (χ0n) is 19.2. The van der Waals surface area contributed by atoms with Gasteiger partial charge in [0, 0.05) is 29.1 Å². The Hall–Kier alpha value is -3.88. The van der Waals surface area contributed by atoms with E-state index in [9.17, 15) is 14.4 Å². The second-order valence-corrected chi connectivity index (χ2v) is 10.0. The summed E-state index contributed by atoms with van der Waals surface area (Å²) in [4.78, 5) is 38.7. The number of rotatable bonds is 6. The Morgan fingerprint density at radius 3 is 2.47 bits per heavy atom. The number of hydrogen-bond donors (Lipinski definition) is 2. The largest absolute Gasteiger partial charge is 0.496 e. The Labute approximate surface area is 216 Å². The molecular weight excluding hydrogens is 498 g/mol. The highest BCUT2D eigenvalue weighted by molar-refractivity contribution is 7.18. The first-order valence-corrected chi connectivity index (χ1v) is 12.4. The maximum atomic E-state index is 13.2. The van der Waals surface area contributed by atoms with Crippen LogP contribution in [0.2, 0.25) is 4.34 Å². The van der Waals surface area contributed by atoms with E-state index in [-0.39, 0.29) is 23.4 Å². The molecule has 7 nitrogen and oxygen atoms in total. The number of carbonyl (C=O) groups is 2.